The van der Waals surface area contributed by atoms with E-state index in [1.54, 1.807) is 24.3 Å². The highest BCUT2D eigenvalue weighted by molar-refractivity contribution is 6.05. The number of ether oxygens (including phenoxy) is 2. The first-order valence-corrected chi connectivity index (χ1v) is 9.02. The van der Waals surface area contributed by atoms with Crippen molar-refractivity contribution in [1.82, 2.24) is 14.8 Å². The number of amides is 1. The third-order valence-corrected chi connectivity index (χ3v) is 4.57. The lowest BCUT2D eigenvalue weighted by Gasteiger charge is -2.12. The fourth-order valence-electron chi connectivity index (χ4n) is 3.05. The lowest BCUT2D eigenvalue weighted by atomic mass is 10.2. The number of rotatable bonds is 5. The molecule has 8 heteroatoms. The van der Waals surface area contributed by atoms with Crippen molar-refractivity contribution in [2.75, 3.05) is 19.5 Å². The highest BCUT2D eigenvalue weighted by Crippen LogP contribution is 2.28. The minimum Gasteiger partial charge on any atom is -0.493 e. The van der Waals surface area contributed by atoms with E-state index in [4.69, 9.17) is 9.47 Å². The van der Waals surface area contributed by atoms with Gasteiger partial charge in [0.2, 0.25) is 0 Å². The van der Waals surface area contributed by atoms with Crippen LogP contribution in [0.15, 0.2) is 60.8 Å². The number of nitrogens with zero attached hydrogens (tertiary/aromatic N) is 4. The van der Waals surface area contributed by atoms with E-state index in [2.05, 4.69) is 21.5 Å². The van der Waals surface area contributed by atoms with Crippen molar-refractivity contribution in [3.05, 3.63) is 71.9 Å². The SMILES string of the molecule is COc1ccc(C(=O)Nc2c(C#N)cnn2-c2ccc3ccccc3n2)cc1OC. The zero-order valence-electron chi connectivity index (χ0n) is 16.3. The Bertz CT molecular complexity index is 1290. The summed E-state index contributed by atoms with van der Waals surface area (Å²) in [6.45, 7) is 0. The van der Waals surface area contributed by atoms with Gasteiger partial charge in [0.25, 0.3) is 5.91 Å². The minimum absolute atomic E-state index is 0.221. The van der Waals surface area contributed by atoms with E-state index in [1.807, 2.05) is 30.3 Å². The van der Waals surface area contributed by atoms with Crippen LogP contribution in [0.5, 0.6) is 11.5 Å². The average Bonchev–Trinajstić information content (AvgIpc) is 3.20. The lowest BCUT2D eigenvalue weighted by Crippen LogP contribution is -2.16. The van der Waals surface area contributed by atoms with Crippen molar-refractivity contribution in [3.63, 3.8) is 0 Å². The number of methoxy groups -OCH3 is 2. The normalized spacial score (nSPS) is 10.4. The molecule has 30 heavy (non-hydrogen) atoms. The zero-order valence-corrected chi connectivity index (χ0v) is 16.3. The predicted molar refractivity (Wildman–Crippen MR) is 111 cm³/mol. The Balaban J connectivity index is 1.71. The van der Waals surface area contributed by atoms with Crippen LogP contribution >= 0.6 is 0 Å². The van der Waals surface area contributed by atoms with Gasteiger partial charge >= 0.3 is 0 Å². The summed E-state index contributed by atoms with van der Waals surface area (Å²) in [4.78, 5) is 17.5. The Kier molecular flexibility index (Phi) is 5.01. The fourth-order valence-corrected chi connectivity index (χ4v) is 3.05. The molecule has 8 nitrogen and oxygen atoms in total. The first-order chi connectivity index (χ1) is 14.6. The summed E-state index contributed by atoms with van der Waals surface area (Å²) in [7, 11) is 3.01. The first-order valence-electron chi connectivity index (χ1n) is 9.02. The van der Waals surface area contributed by atoms with Crippen molar-refractivity contribution < 1.29 is 14.3 Å². The molecule has 1 amide bonds. The van der Waals surface area contributed by atoms with Gasteiger partial charge in [-0.1, -0.05) is 18.2 Å². The van der Waals surface area contributed by atoms with Crippen molar-refractivity contribution >= 4 is 22.6 Å². The van der Waals surface area contributed by atoms with Gasteiger partial charge in [0.15, 0.2) is 23.1 Å². The topological polar surface area (TPSA) is 102 Å². The fraction of sp³-hybridized carbons (Fsp3) is 0.0909. The summed E-state index contributed by atoms with van der Waals surface area (Å²) in [6, 6.07) is 18.2. The Morgan fingerprint density at radius 3 is 2.63 bits per heavy atom. The number of anilines is 1. The quantitative estimate of drug-likeness (QED) is 0.550. The van der Waals surface area contributed by atoms with Crippen LogP contribution in [0.3, 0.4) is 0 Å². The molecule has 1 N–H and O–H groups in total. The number of hydrogen-bond donors (Lipinski definition) is 1. The van der Waals surface area contributed by atoms with Gasteiger partial charge in [-0.05, 0) is 36.4 Å². The number of nitriles is 1. The predicted octanol–water partition coefficient (Wildman–Crippen LogP) is 3.56. The second kappa shape index (κ2) is 7.93. The smallest absolute Gasteiger partial charge is 0.256 e. The summed E-state index contributed by atoms with van der Waals surface area (Å²) in [5.41, 5.74) is 1.34. The van der Waals surface area contributed by atoms with Crippen molar-refractivity contribution in [1.29, 1.82) is 5.26 Å². The van der Waals surface area contributed by atoms with Gasteiger partial charge in [0.05, 0.1) is 25.9 Å². The van der Waals surface area contributed by atoms with E-state index in [0.717, 1.165) is 10.9 Å². The monoisotopic (exact) mass is 399 g/mol. The van der Waals surface area contributed by atoms with Gasteiger partial charge in [-0.25, -0.2) is 4.98 Å². The number of aromatic nitrogens is 3. The van der Waals surface area contributed by atoms with E-state index in [9.17, 15) is 10.1 Å². The van der Waals surface area contributed by atoms with Gasteiger partial charge in [-0.3, -0.25) is 4.79 Å². The van der Waals surface area contributed by atoms with E-state index in [-0.39, 0.29) is 11.4 Å². The van der Waals surface area contributed by atoms with E-state index >= 15 is 0 Å². The number of nitrogens with one attached hydrogen (secondary N) is 1. The maximum Gasteiger partial charge on any atom is 0.256 e. The highest BCUT2D eigenvalue weighted by Gasteiger charge is 2.18. The van der Waals surface area contributed by atoms with Crippen LogP contribution < -0.4 is 14.8 Å². The summed E-state index contributed by atoms with van der Waals surface area (Å²) in [6.07, 6.45) is 1.39. The molecule has 0 saturated heterocycles. The average molecular weight is 399 g/mol. The molecule has 0 aliphatic rings. The molecule has 148 valence electrons. The number of pyridine rings is 1. The Morgan fingerprint density at radius 1 is 1.07 bits per heavy atom. The number of fused-ring (bicyclic) bond motifs is 1. The molecular formula is C22H17N5O3. The van der Waals surface area contributed by atoms with E-state index in [1.165, 1.54) is 25.1 Å². The van der Waals surface area contributed by atoms with Crippen LogP contribution in [0.4, 0.5) is 5.82 Å². The summed E-state index contributed by atoms with van der Waals surface area (Å²) >= 11 is 0. The van der Waals surface area contributed by atoms with Gasteiger partial charge < -0.3 is 14.8 Å². The largest absolute Gasteiger partial charge is 0.493 e. The minimum atomic E-state index is -0.421. The molecule has 0 radical (unpaired) electrons. The third-order valence-electron chi connectivity index (χ3n) is 4.57. The Morgan fingerprint density at radius 2 is 1.87 bits per heavy atom. The van der Waals surface area contributed by atoms with Crippen molar-refractivity contribution in [2.24, 2.45) is 0 Å². The van der Waals surface area contributed by atoms with Crippen LogP contribution in [0.1, 0.15) is 15.9 Å². The molecule has 0 fully saturated rings. The molecule has 0 saturated carbocycles. The zero-order chi connectivity index (χ0) is 21.1. The molecule has 0 bridgehead atoms. The molecule has 2 aromatic carbocycles. The van der Waals surface area contributed by atoms with E-state index < -0.39 is 5.91 Å². The molecule has 0 unspecified atom stereocenters. The van der Waals surface area contributed by atoms with Crippen LogP contribution in [-0.2, 0) is 0 Å². The number of carbonyl (C=O) groups is 1. The van der Waals surface area contributed by atoms with Crippen LogP contribution in [-0.4, -0.2) is 34.9 Å². The van der Waals surface area contributed by atoms with Gasteiger partial charge in [-0.2, -0.15) is 15.0 Å². The number of benzene rings is 2. The molecule has 2 heterocycles. The molecule has 4 aromatic rings. The molecule has 0 spiro atoms. The maximum absolute atomic E-state index is 12.9. The second-order valence-corrected chi connectivity index (χ2v) is 6.32. The van der Waals surface area contributed by atoms with Gasteiger partial charge in [0, 0.05) is 10.9 Å². The Hall–Kier alpha value is -4.38. The summed E-state index contributed by atoms with van der Waals surface area (Å²) < 4.78 is 11.9. The molecular weight excluding hydrogens is 382 g/mol. The first kappa shape index (κ1) is 19.0. The number of carbonyl (C=O) groups excluding carboxylic acids is 1. The third kappa shape index (κ3) is 3.40. The van der Waals surface area contributed by atoms with Crippen LogP contribution in [0.2, 0.25) is 0 Å². The summed E-state index contributed by atoms with van der Waals surface area (Å²) in [5.74, 6) is 1.24. The second-order valence-electron chi connectivity index (χ2n) is 6.32. The highest BCUT2D eigenvalue weighted by atomic mass is 16.5. The maximum atomic E-state index is 12.9. The van der Waals surface area contributed by atoms with E-state index in [0.29, 0.717) is 22.9 Å². The molecule has 2 aromatic heterocycles. The van der Waals surface area contributed by atoms with Crippen molar-refractivity contribution in [3.8, 4) is 23.4 Å². The number of hydrogen-bond acceptors (Lipinski definition) is 6. The van der Waals surface area contributed by atoms with Gasteiger partial charge in [-0.15, -0.1) is 0 Å². The number of para-hydroxylation sites is 1. The van der Waals surface area contributed by atoms with Crippen LogP contribution in [0, 0.1) is 11.3 Å². The molecule has 4 rings (SSSR count). The lowest BCUT2D eigenvalue weighted by molar-refractivity contribution is 0.102. The Labute approximate surface area is 172 Å². The summed E-state index contributed by atoms with van der Waals surface area (Å²) in [5, 5.41) is 17.5. The molecule has 0 atom stereocenters. The standard InChI is InChI=1S/C22H17N5O3/c1-29-18-9-7-15(11-19(18)30-2)22(28)26-21-16(12-23)13-24-27(21)20-10-8-14-5-3-4-6-17(14)25-20/h3-11,13H,1-2H3,(H,26,28). The van der Waals surface area contributed by atoms with Crippen molar-refractivity contribution in [2.45, 2.75) is 0 Å². The molecule has 0 aliphatic carbocycles. The van der Waals surface area contributed by atoms with Crippen LogP contribution in [0.25, 0.3) is 16.7 Å². The molecule has 0 aliphatic heterocycles. The van der Waals surface area contributed by atoms with Gasteiger partial charge in [0.1, 0.15) is 11.6 Å².